The van der Waals surface area contributed by atoms with Crippen LogP contribution in [0, 0.1) is 0 Å². The number of aliphatic hydroxyl groups excluding tert-OH is 1. The summed E-state index contributed by atoms with van der Waals surface area (Å²) in [5.41, 5.74) is 0.281. The molecule has 0 aliphatic rings. The van der Waals surface area contributed by atoms with Crippen LogP contribution in [0.1, 0.15) is 17.3 Å². The normalized spacial score (nSPS) is 11.7. The average molecular weight is 253 g/mol. The molecule has 2 amide bonds. The molecule has 0 saturated heterocycles. The molecular formula is C11H15N3O4. The van der Waals surface area contributed by atoms with Gasteiger partial charge in [0, 0.05) is 19.8 Å². The number of carboxylic acid groups (broad SMARTS) is 1. The van der Waals surface area contributed by atoms with Gasteiger partial charge in [0.1, 0.15) is 0 Å². The number of aromatic nitrogens is 1. The molecule has 7 nitrogen and oxygen atoms in total. The summed E-state index contributed by atoms with van der Waals surface area (Å²) in [7, 11) is 1.52. The van der Waals surface area contributed by atoms with Crippen LogP contribution in [0.5, 0.6) is 0 Å². The Bertz CT molecular complexity index is 448. The number of amides is 2. The van der Waals surface area contributed by atoms with Crippen LogP contribution in [0.2, 0.25) is 0 Å². The number of pyridine rings is 1. The van der Waals surface area contributed by atoms with Gasteiger partial charge in [0.05, 0.1) is 23.6 Å². The molecule has 1 heterocycles. The lowest BCUT2D eigenvalue weighted by molar-refractivity contribution is 0.0696. The van der Waals surface area contributed by atoms with Crippen LogP contribution in [0.15, 0.2) is 18.5 Å². The van der Waals surface area contributed by atoms with Crippen LogP contribution in [-0.2, 0) is 0 Å². The van der Waals surface area contributed by atoms with Crippen molar-refractivity contribution < 1.29 is 19.8 Å². The Morgan fingerprint density at radius 2 is 2.17 bits per heavy atom. The van der Waals surface area contributed by atoms with Gasteiger partial charge in [-0.1, -0.05) is 0 Å². The van der Waals surface area contributed by atoms with Crippen LogP contribution in [-0.4, -0.2) is 51.8 Å². The lowest BCUT2D eigenvalue weighted by atomic mass is 10.2. The number of carbonyl (C=O) groups excluding carboxylic acids is 1. The topological polar surface area (TPSA) is 103 Å². The lowest BCUT2D eigenvalue weighted by Crippen LogP contribution is -2.36. The highest BCUT2D eigenvalue weighted by molar-refractivity contribution is 5.92. The van der Waals surface area contributed by atoms with Crippen LogP contribution >= 0.6 is 0 Å². The fourth-order valence-electron chi connectivity index (χ4n) is 1.32. The van der Waals surface area contributed by atoms with Crippen molar-refractivity contribution in [1.82, 2.24) is 9.88 Å². The fourth-order valence-corrected chi connectivity index (χ4v) is 1.32. The predicted molar refractivity (Wildman–Crippen MR) is 64.5 cm³/mol. The van der Waals surface area contributed by atoms with Gasteiger partial charge >= 0.3 is 12.0 Å². The highest BCUT2D eigenvalue weighted by Crippen LogP contribution is 2.09. The number of hydrogen-bond acceptors (Lipinski definition) is 4. The Hall–Kier alpha value is -2.15. The minimum absolute atomic E-state index is 0.00835. The molecule has 0 fully saturated rings. The number of anilines is 1. The molecule has 1 rings (SSSR count). The first-order valence-electron chi connectivity index (χ1n) is 5.28. The van der Waals surface area contributed by atoms with Gasteiger partial charge in [-0.3, -0.25) is 4.98 Å². The SMILES string of the molecule is CC(O)CN(C)C(=O)Nc1cncc(C(=O)O)c1. The Balaban J connectivity index is 2.70. The molecule has 3 N–H and O–H groups in total. The summed E-state index contributed by atoms with van der Waals surface area (Å²) in [6, 6.07) is 0.865. The summed E-state index contributed by atoms with van der Waals surface area (Å²) in [5.74, 6) is -1.11. The quantitative estimate of drug-likeness (QED) is 0.730. The van der Waals surface area contributed by atoms with Gasteiger partial charge in [0.25, 0.3) is 0 Å². The number of carboxylic acids is 1. The summed E-state index contributed by atoms with van der Waals surface area (Å²) in [6.07, 6.45) is 1.90. The van der Waals surface area contributed by atoms with Crippen molar-refractivity contribution in [3.05, 3.63) is 24.0 Å². The van der Waals surface area contributed by atoms with E-state index in [4.69, 9.17) is 10.2 Å². The zero-order valence-electron chi connectivity index (χ0n) is 10.1. The molecule has 1 aromatic heterocycles. The molecule has 0 bridgehead atoms. The summed E-state index contributed by atoms with van der Waals surface area (Å²) >= 11 is 0. The third kappa shape index (κ3) is 4.02. The average Bonchev–Trinajstić information content (AvgIpc) is 2.28. The maximum absolute atomic E-state index is 11.7. The van der Waals surface area contributed by atoms with Crippen LogP contribution in [0.4, 0.5) is 10.5 Å². The van der Waals surface area contributed by atoms with Gasteiger partial charge < -0.3 is 20.4 Å². The highest BCUT2D eigenvalue weighted by atomic mass is 16.4. The first-order chi connectivity index (χ1) is 8.40. The highest BCUT2D eigenvalue weighted by Gasteiger charge is 2.12. The number of urea groups is 1. The van der Waals surface area contributed by atoms with E-state index in [2.05, 4.69) is 10.3 Å². The van der Waals surface area contributed by atoms with Crippen LogP contribution < -0.4 is 5.32 Å². The van der Waals surface area contributed by atoms with Crippen LogP contribution in [0.3, 0.4) is 0 Å². The fraction of sp³-hybridized carbons (Fsp3) is 0.364. The second-order valence-electron chi connectivity index (χ2n) is 3.93. The van der Waals surface area contributed by atoms with E-state index in [0.717, 1.165) is 0 Å². The third-order valence-electron chi connectivity index (χ3n) is 2.12. The summed E-state index contributed by atoms with van der Waals surface area (Å²) in [6.45, 7) is 1.74. The minimum Gasteiger partial charge on any atom is -0.478 e. The van der Waals surface area contributed by atoms with Gasteiger partial charge in [0.2, 0.25) is 0 Å². The number of nitrogens with one attached hydrogen (secondary N) is 1. The van der Waals surface area contributed by atoms with Crippen molar-refractivity contribution in [3.63, 3.8) is 0 Å². The zero-order chi connectivity index (χ0) is 13.7. The predicted octanol–water partition coefficient (Wildman–Crippen LogP) is 0.624. The van der Waals surface area contributed by atoms with Gasteiger partial charge in [-0.05, 0) is 13.0 Å². The molecule has 0 aromatic carbocycles. The van der Waals surface area contributed by atoms with Crippen molar-refractivity contribution in [2.75, 3.05) is 18.9 Å². The van der Waals surface area contributed by atoms with E-state index >= 15 is 0 Å². The molecule has 0 radical (unpaired) electrons. The number of nitrogens with zero attached hydrogens (tertiary/aromatic N) is 2. The molecule has 1 unspecified atom stereocenters. The van der Waals surface area contributed by atoms with Crippen molar-refractivity contribution in [2.24, 2.45) is 0 Å². The Kier molecular flexibility index (Phi) is 4.61. The van der Waals surface area contributed by atoms with Crippen molar-refractivity contribution >= 4 is 17.7 Å². The van der Waals surface area contributed by atoms with E-state index in [1.165, 1.54) is 30.4 Å². The maximum Gasteiger partial charge on any atom is 0.337 e. The number of rotatable bonds is 4. The van der Waals surface area contributed by atoms with E-state index in [1.54, 1.807) is 6.92 Å². The largest absolute Gasteiger partial charge is 0.478 e. The van der Waals surface area contributed by atoms with E-state index in [0.29, 0.717) is 0 Å². The summed E-state index contributed by atoms with van der Waals surface area (Å²) in [5, 5.41) is 20.4. The molecular weight excluding hydrogens is 238 g/mol. The summed E-state index contributed by atoms with van der Waals surface area (Å²) < 4.78 is 0. The molecule has 1 atom stereocenters. The number of carbonyl (C=O) groups is 2. The first kappa shape index (κ1) is 13.9. The molecule has 0 aliphatic heterocycles. The Morgan fingerprint density at radius 1 is 1.50 bits per heavy atom. The number of aromatic carboxylic acids is 1. The number of hydrogen-bond donors (Lipinski definition) is 3. The van der Waals surface area contributed by atoms with E-state index in [9.17, 15) is 9.59 Å². The Labute approximate surface area is 104 Å². The number of aliphatic hydroxyl groups is 1. The number of likely N-dealkylation sites (N-methyl/N-ethyl adjacent to an activating group) is 1. The Morgan fingerprint density at radius 3 is 2.72 bits per heavy atom. The second kappa shape index (κ2) is 5.97. The summed E-state index contributed by atoms with van der Waals surface area (Å²) in [4.78, 5) is 27.4. The molecule has 18 heavy (non-hydrogen) atoms. The standard InChI is InChI=1S/C11H15N3O4/c1-7(15)6-14(2)11(18)13-9-3-8(10(16)17)4-12-5-9/h3-5,7,15H,6H2,1-2H3,(H,13,18)(H,16,17). The molecule has 98 valence electrons. The van der Waals surface area contributed by atoms with E-state index in [-0.39, 0.29) is 17.8 Å². The van der Waals surface area contributed by atoms with Crippen molar-refractivity contribution in [1.29, 1.82) is 0 Å². The smallest absolute Gasteiger partial charge is 0.337 e. The lowest BCUT2D eigenvalue weighted by Gasteiger charge is -2.19. The van der Waals surface area contributed by atoms with E-state index < -0.39 is 18.1 Å². The molecule has 0 saturated carbocycles. The monoisotopic (exact) mass is 253 g/mol. The third-order valence-corrected chi connectivity index (χ3v) is 2.12. The second-order valence-corrected chi connectivity index (χ2v) is 3.93. The molecule has 0 aliphatic carbocycles. The van der Waals surface area contributed by atoms with Crippen molar-refractivity contribution in [3.8, 4) is 0 Å². The maximum atomic E-state index is 11.7. The molecule has 0 spiro atoms. The van der Waals surface area contributed by atoms with Gasteiger partial charge in [-0.2, -0.15) is 0 Å². The molecule has 1 aromatic rings. The minimum atomic E-state index is -1.11. The van der Waals surface area contributed by atoms with Crippen LogP contribution in [0.25, 0.3) is 0 Å². The first-order valence-corrected chi connectivity index (χ1v) is 5.28. The van der Waals surface area contributed by atoms with Gasteiger partial charge in [0.15, 0.2) is 0 Å². The zero-order valence-corrected chi connectivity index (χ0v) is 10.1. The van der Waals surface area contributed by atoms with Gasteiger partial charge in [-0.15, -0.1) is 0 Å². The van der Waals surface area contributed by atoms with E-state index in [1.807, 2.05) is 0 Å². The van der Waals surface area contributed by atoms with Crippen molar-refractivity contribution in [2.45, 2.75) is 13.0 Å². The molecule has 7 heteroatoms. The van der Waals surface area contributed by atoms with Gasteiger partial charge in [-0.25, -0.2) is 9.59 Å².